The first-order valence-corrected chi connectivity index (χ1v) is 8.73. The van der Waals surface area contributed by atoms with Crippen LogP contribution in [0.3, 0.4) is 0 Å². The lowest BCUT2D eigenvalue weighted by atomic mass is 9.99. The van der Waals surface area contributed by atoms with Crippen LogP contribution in [0.15, 0.2) is 18.2 Å². The lowest BCUT2D eigenvalue weighted by Gasteiger charge is -2.19. The van der Waals surface area contributed by atoms with Gasteiger partial charge >= 0.3 is 0 Å². The highest BCUT2D eigenvalue weighted by Gasteiger charge is 2.16. The fourth-order valence-electron chi connectivity index (χ4n) is 2.98. The Balaban J connectivity index is 1.81. The molecule has 118 valence electrons. The van der Waals surface area contributed by atoms with Crippen LogP contribution < -0.4 is 5.32 Å². The van der Waals surface area contributed by atoms with Crippen LogP contribution in [0.25, 0.3) is 0 Å². The van der Waals surface area contributed by atoms with Crippen LogP contribution in [-0.2, 0) is 11.2 Å². The fraction of sp³-hybridized carbons (Fsp3) is 0.647. The second-order valence-electron chi connectivity index (χ2n) is 5.77. The summed E-state index contributed by atoms with van der Waals surface area (Å²) in [4.78, 5) is 0. The van der Waals surface area contributed by atoms with Gasteiger partial charge in [-0.15, -0.1) is 0 Å². The molecule has 0 radical (unpaired) electrons. The summed E-state index contributed by atoms with van der Waals surface area (Å²) in [6.07, 6.45) is 7.53. The number of ether oxygens (including phenoxy) is 1. The molecular formula is C17H25Cl2NO. The summed E-state index contributed by atoms with van der Waals surface area (Å²) in [5.74, 6) is 0. The van der Waals surface area contributed by atoms with Crippen molar-refractivity contribution in [2.24, 2.45) is 0 Å². The van der Waals surface area contributed by atoms with E-state index in [0.717, 1.165) is 19.6 Å². The predicted molar refractivity (Wildman–Crippen MR) is 90.5 cm³/mol. The zero-order chi connectivity index (χ0) is 15.1. The zero-order valence-electron chi connectivity index (χ0n) is 12.7. The van der Waals surface area contributed by atoms with Crippen LogP contribution in [0.5, 0.6) is 0 Å². The Bertz CT molecular complexity index is 433. The highest BCUT2D eigenvalue weighted by Crippen LogP contribution is 2.24. The van der Waals surface area contributed by atoms with Crippen molar-refractivity contribution in [1.29, 1.82) is 0 Å². The molecule has 2 nitrogen and oxygen atoms in total. The molecule has 1 aromatic rings. The van der Waals surface area contributed by atoms with Crippen LogP contribution in [-0.4, -0.2) is 25.3 Å². The van der Waals surface area contributed by atoms with Crippen LogP contribution in [0, 0.1) is 0 Å². The molecule has 4 heteroatoms. The summed E-state index contributed by atoms with van der Waals surface area (Å²) in [7, 11) is 0. The molecule has 1 fully saturated rings. The van der Waals surface area contributed by atoms with Gasteiger partial charge in [0.25, 0.3) is 0 Å². The van der Waals surface area contributed by atoms with E-state index in [-0.39, 0.29) is 0 Å². The third-order valence-electron chi connectivity index (χ3n) is 4.06. The Labute approximate surface area is 138 Å². The summed E-state index contributed by atoms with van der Waals surface area (Å²) >= 11 is 12.1. The molecule has 1 N–H and O–H groups in total. The molecular weight excluding hydrogens is 305 g/mol. The summed E-state index contributed by atoms with van der Waals surface area (Å²) in [6, 6.07) is 6.43. The monoisotopic (exact) mass is 329 g/mol. The van der Waals surface area contributed by atoms with E-state index in [9.17, 15) is 0 Å². The lowest BCUT2D eigenvalue weighted by Crippen LogP contribution is -2.31. The number of halogens is 2. The van der Waals surface area contributed by atoms with E-state index in [1.807, 2.05) is 12.1 Å². The zero-order valence-corrected chi connectivity index (χ0v) is 14.2. The number of rotatable bonds is 8. The third-order valence-corrected chi connectivity index (χ3v) is 4.80. The Kier molecular flexibility index (Phi) is 7.31. The average Bonchev–Trinajstić information content (AvgIpc) is 2.96. The van der Waals surface area contributed by atoms with Crippen molar-refractivity contribution in [3.8, 4) is 0 Å². The maximum atomic E-state index is 6.10. The number of hydrogen-bond acceptors (Lipinski definition) is 2. The largest absolute Gasteiger partial charge is 0.378 e. The summed E-state index contributed by atoms with van der Waals surface area (Å²) in [5, 5.41) is 4.84. The maximum Gasteiger partial charge on any atom is 0.0595 e. The van der Waals surface area contributed by atoms with Crippen molar-refractivity contribution in [2.45, 2.75) is 57.6 Å². The molecule has 0 spiro atoms. The SMILES string of the molecule is CCNC(CCCC1CCCO1)Cc1ccc(Cl)c(Cl)c1. The van der Waals surface area contributed by atoms with Crippen molar-refractivity contribution >= 4 is 23.2 Å². The first-order valence-electron chi connectivity index (χ1n) is 7.98. The van der Waals surface area contributed by atoms with Crippen LogP contribution >= 0.6 is 23.2 Å². The molecule has 21 heavy (non-hydrogen) atoms. The van der Waals surface area contributed by atoms with E-state index in [2.05, 4.69) is 18.3 Å². The third kappa shape index (κ3) is 5.78. The molecule has 0 saturated carbocycles. The van der Waals surface area contributed by atoms with Crippen molar-refractivity contribution < 1.29 is 4.74 Å². The van der Waals surface area contributed by atoms with E-state index in [1.54, 1.807) is 0 Å². The molecule has 0 bridgehead atoms. The molecule has 1 aliphatic heterocycles. The second kappa shape index (κ2) is 8.99. The van der Waals surface area contributed by atoms with Gasteiger partial charge in [-0.25, -0.2) is 0 Å². The van der Waals surface area contributed by atoms with Gasteiger partial charge < -0.3 is 10.1 Å². The maximum absolute atomic E-state index is 6.10. The molecule has 2 atom stereocenters. The number of benzene rings is 1. The van der Waals surface area contributed by atoms with E-state index in [4.69, 9.17) is 27.9 Å². The topological polar surface area (TPSA) is 21.3 Å². The molecule has 2 rings (SSSR count). The van der Waals surface area contributed by atoms with Crippen molar-refractivity contribution in [3.63, 3.8) is 0 Å². The Morgan fingerprint density at radius 2 is 2.19 bits per heavy atom. The van der Waals surface area contributed by atoms with Gasteiger partial charge in [0.15, 0.2) is 0 Å². The average molecular weight is 330 g/mol. The number of hydrogen-bond donors (Lipinski definition) is 1. The highest BCUT2D eigenvalue weighted by molar-refractivity contribution is 6.42. The van der Waals surface area contributed by atoms with Crippen molar-refractivity contribution in [3.05, 3.63) is 33.8 Å². The Hall–Kier alpha value is -0.280. The predicted octanol–water partition coefficient (Wildman–Crippen LogP) is 4.86. The number of likely N-dealkylation sites (N-methyl/N-ethyl adjacent to an activating group) is 1. The van der Waals surface area contributed by atoms with Gasteiger partial charge in [0.1, 0.15) is 0 Å². The smallest absolute Gasteiger partial charge is 0.0595 e. The molecule has 1 saturated heterocycles. The van der Waals surface area contributed by atoms with Crippen LogP contribution in [0.2, 0.25) is 10.0 Å². The van der Waals surface area contributed by atoms with Gasteiger partial charge in [-0.05, 0) is 62.8 Å². The fourth-order valence-corrected chi connectivity index (χ4v) is 3.30. The Morgan fingerprint density at radius 1 is 1.33 bits per heavy atom. The van der Waals surface area contributed by atoms with Gasteiger partial charge in [-0.3, -0.25) is 0 Å². The second-order valence-corrected chi connectivity index (χ2v) is 6.59. The summed E-state index contributed by atoms with van der Waals surface area (Å²) in [5.41, 5.74) is 1.24. The normalized spacial score (nSPS) is 19.9. The van der Waals surface area contributed by atoms with Crippen molar-refractivity contribution in [2.75, 3.05) is 13.2 Å². The van der Waals surface area contributed by atoms with Gasteiger partial charge in [0, 0.05) is 12.6 Å². The van der Waals surface area contributed by atoms with Crippen molar-refractivity contribution in [1.82, 2.24) is 5.32 Å². The van der Waals surface area contributed by atoms with Gasteiger partial charge in [0.2, 0.25) is 0 Å². The molecule has 1 aromatic carbocycles. The quantitative estimate of drug-likeness (QED) is 0.735. The molecule has 1 heterocycles. The van der Waals surface area contributed by atoms with Gasteiger partial charge in [-0.1, -0.05) is 36.2 Å². The highest BCUT2D eigenvalue weighted by atomic mass is 35.5. The van der Waals surface area contributed by atoms with Gasteiger partial charge in [-0.2, -0.15) is 0 Å². The molecule has 0 aliphatic carbocycles. The minimum absolute atomic E-state index is 0.494. The first-order chi connectivity index (χ1) is 10.2. The van der Waals surface area contributed by atoms with Crippen LogP contribution in [0.1, 0.15) is 44.6 Å². The summed E-state index contributed by atoms with van der Waals surface area (Å²) < 4.78 is 5.69. The molecule has 1 aliphatic rings. The molecule has 2 unspecified atom stereocenters. The van der Waals surface area contributed by atoms with E-state index >= 15 is 0 Å². The number of nitrogens with one attached hydrogen (secondary N) is 1. The minimum Gasteiger partial charge on any atom is -0.378 e. The molecule has 0 aromatic heterocycles. The van der Waals surface area contributed by atoms with E-state index < -0.39 is 0 Å². The van der Waals surface area contributed by atoms with Crippen LogP contribution in [0.4, 0.5) is 0 Å². The van der Waals surface area contributed by atoms with E-state index in [1.165, 1.54) is 37.7 Å². The minimum atomic E-state index is 0.494. The standard InChI is InChI=1S/C17H25Cl2NO/c1-2-20-14(5-3-6-15-7-4-10-21-15)11-13-8-9-16(18)17(19)12-13/h8-9,12,14-15,20H,2-7,10-11H2,1H3. The lowest BCUT2D eigenvalue weighted by molar-refractivity contribution is 0.101. The van der Waals surface area contributed by atoms with Gasteiger partial charge in [0.05, 0.1) is 16.1 Å². The molecule has 0 amide bonds. The Morgan fingerprint density at radius 3 is 2.86 bits per heavy atom. The summed E-state index contributed by atoms with van der Waals surface area (Å²) in [6.45, 7) is 4.10. The van der Waals surface area contributed by atoms with E-state index in [0.29, 0.717) is 22.2 Å². The first kappa shape index (κ1) is 17.1.